The Morgan fingerprint density at radius 1 is 0.951 bits per heavy atom. The van der Waals surface area contributed by atoms with Crippen LogP contribution in [-0.2, 0) is 16.0 Å². The second-order valence-corrected chi connectivity index (χ2v) is 10.2. The van der Waals surface area contributed by atoms with Gasteiger partial charge >= 0.3 is 5.97 Å². The number of amides is 1. The number of ether oxygens (including phenoxy) is 1. The van der Waals surface area contributed by atoms with Crippen LogP contribution in [-0.4, -0.2) is 53.4 Å². The number of thiophene rings is 1. The van der Waals surface area contributed by atoms with Crippen molar-refractivity contribution in [2.75, 3.05) is 25.0 Å². The first-order valence-corrected chi connectivity index (χ1v) is 14.2. The monoisotopic (exact) mass is 568 g/mol. The highest BCUT2D eigenvalue weighted by Gasteiger charge is 2.21. The van der Waals surface area contributed by atoms with Gasteiger partial charge in [0.25, 0.3) is 0 Å². The Morgan fingerprint density at radius 2 is 1.68 bits per heavy atom. The van der Waals surface area contributed by atoms with E-state index in [1.165, 1.54) is 0 Å². The van der Waals surface area contributed by atoms with Crippen molar-refractivity contribution in [1.29, 1.82) is 0 Å². The zero-order chi connectivity index (χ0) is 29.0. The Balaban J connectivity index is 1.33. The molecule has 1 atom stereocenters. The number of hydrogen-bond donors (Lipinski definition) is 2. The van der Waals surface area contributed by atoms with Crippen molar-refractivity contribution < 1.29 is 24.2 Å². The summed E-state index contributed by atoms with van der Waals surface area (Å²) in [6, 6.07) is 26.0. The van der Waals surface area contributed by atoms with Crippen molar-refractivity contribution in [1.82, 2.24) is 4.90 Å². The average Bonchev–Trinajstić information content (AvgIpc) is 3.53. The Labute approximate surface area is 243 Å². The molecule has 210 valence electrons. The minimum absolute atomic E-state index is 0.0703. The van der Waals surface area contributed by atoms with Crippen molar-refractivity contribution in [2.24, 2.45) is 0 Å². The molecule has 4 aromatic rings. The summed E-state index contributed by atoms with van der Waals surface area (Å²) in [5, 5.41) is 14.9. The van der Waals surface area contributed by atoms with E-state index in [1.807, 2.05) is 48.7 Å². The number of aliphatic carboxylic acids is 1. The van der Waals surface area contributed by atoms with Gasteiger partial charge in [0, 0.05) is 40.7 Å². The smallest absolute Gasteiger partial charge is 0.326 e. The molecule has 1 aromatic heterocycles. The number of carbonyl (C=O) groups is 3. The van der Waals surface area contributed by atoms with Crippen molar-refractivity contribution >= 4 is 40.8 Å². The van der Waals surface area contributed by atoms with E-state index in [2.05, 4.69) is 5.32 Å². The molecule has 0 aliphatic carbocycles. The SMILES string of the molecule is CCN(CCOc1ccc(CC(Nc2ccccc2C(=O)c2ccccc2)C(=O)O)cc1)C(=O)C=Cc1cccs1. The summed E-state index contributed by atoms with van der Waals surface area (Å²) in [4.78, 5) is 40.4. The summed E-state index contributed by atoms with van der Waals surface area (Å²) < 4.78 is 5.84. The molecule has 1 heterocycles. The Bertz CT molecular complexity index is 1470. The summed E-state index contributed by atoms with van der Waals surface area (Å²) in [6.07, 6.45) is 3.60. The number of rotatable bonds is 14. The van der Waals surface area contributed by atoms with Gasteiger partial charge in [0.2, 0.25) is 5.91 Å². The first-order chi connectivity index (χ1) is 19.9. The highest BCUT2D eigenvalue weighted by atomic mass is 32.1. The molecule has 0 aliphatic rings. The molecular formula is C33H32N2O5S. The van der Waals surface area contributed by atoms with Crippen LogP contribution in [0, 0.1) is 0 Å². The third-order valence-electron chi connectivity index (χ3n) is 6.46. The molecule has 41 heavy (non-hydrogen) atoms. The van der Waals surface area contributed by atoms with Crippen LogP contribution in [0.1, 0.15) is 33.3 Å². The minimum Gasteiger partial charge on any atom is -0.492 e. The van der Waals surface area contributed by atoms with Gasteiger partial charge in [0.15, 0.2) is 5.78 Å². The molecule has 1 amide bonds. The molecule has 0 fully saturated rings. The van der Waals surface area contributed by atoms with Crippen molar-refractivity contribution in [2.45, 2.75) is 19.4 Å². The fourth-order valence-corrected chi connectivity index (χ4v) is 4.86. The fraction of sp³-hybridized carbons (Fsp3) is 0.182. The second kappa shape index (κ2) is 14.6. The summed E-state index contributed by atoms with van der Waals surface area (Å²) in [6.45, 7) is 3.27. The van der Waals surface area contributed by atoms with Crippen LogP contribution in [0.25, 0.3) is 6.08 Å². The maximum Gasteiger partial charge on any atom is 0.326 e. The van der Waals surface area contributed by atoms with Gasteiger partial charge in [-0.1, -0.05) is 60.7 Å². The maximum atomic E-state index is 13.1. The first-order valence-electron chi connectivity index (χ1n) is 13.3. The fourth-order valence-electron chi connectivity index (χ4n) is 4.24. The zero-order valence-corrected chi connectivity index (χ0v) is 23.6. The zero-order valence-electron chi connectivity index (χ0n) is 22.7. The largest absolute Gasteiger partial charge is 0.492 e. The molecule has 0 aliphatic heterocycles. The first kappa shape index (κ1) is 29.3. The van der Waals surface area contributed by atoms with Gasteiger partial charge in [0.1, 0.15) is 18.4 Å². The van der Waals surface area contributed by atoms with Gasteiger partial charge < -0.3 is 20.1 Å². The number of carbonyl (C=O) groups excluding carboxylic acids is 2. The number of ketones is 1. The van der Waals surface area contributed by atoms with E-state index >= 15 is 0 Å². The maximum absolute atomic E-state index is 13.1. The molecule has 7 nitrogen and oxygen atoms in total. The molecule has 4 rings (SSSR count). The summed E-state index contributed by atoms with van der Waals surface area (Å²) in [5.41, 5.74) is 2.21. The van der Waals surface area contributed by atoms with Crippen molar-refractivity contribution in [3.8, 4) is 5.75 Å². The van der Waals surface area contributed by atoms with Gasteiger partial charge in [-0.2, -0.15) is 0 Å². The van der Waals surface area contributed by atoms with Crippen LogP contribution in [0.4, 0.5) is 5.69 Å². The highest BCUT2D eigenvalue weighted by molar-refractivity contribution is 7.10. The normalized spacial score (nSPS) is 11.6. The number of para-hydroxylation sites is 1. The van der Waals surface area contributed by atoms with Crippen LogP contribution in [0.15, 0.2) is 102 Å². The standard InChI is InChI=1S/C33H32N2O5S/c1-2-35(31(36)19-18-27-11-8-22-41-27)20-21-40-26-16-14-24(15-17-26)23-30(33(38)39)34-29-13-7-6-12-28(29)32(37)25-9-4-3-5-10-25/h3-19,22,30,34H,2,20-21,23H2,1H3,(H,38,39). The van der Waals surface area contributed by atoms with Crippen molar-refractivity contribution in [3.05, 3.63) is 124 Å². The van der Waals surface area contributed by atoms with E-state index in [-0.39, 0.29) is 18.1 Å². The lowest BCUT2D eigenvalue weighted by Gasteiger charge is -2.20. The quantitative estimate of drug-likeness (QED) is 0.143. The number of benzene rings is 3. The number of carboxylic acid groups (broad SMARTS) is 1. The summed E-state index contributed by atoms with van der Waals surface area (Å²) in [7, 11) is 0. The van der Waals surface area contributed by atoms with Gasteiger partial charge in [0.05, 0.1) is 6.54 Å². The van der Waals surface area contributed by atoms with Gasteiger partial charge in [-0.25, -0.2) is 4.79 Å². The van der Waals surface area contributed by atoms with Crippen molar-refractivity contribution in [3.63, 3.8) is 0 Å². The van der Waals surface area contributed by atoms with Crippen LogP contribution < -0.4 is 10.1 Å². The predicted molar refractivity (Wildman–Crippen MR) is 163 cm³/mol. The van der Waals surface area contributed by atoms with Gasteiger partial charge in [-0.15, -0.1) is 11.3 Å². The molecule has 0 spiro atoms. The van der Waals surface area contributed by atoms with Crippen LogP contribution >= 0.6 is 11.3 Å². The summed E-state index contributed by atoms with van der Waals surface area (Å²) in [5.74, 6) is -0.643. The number of hydrogen-bond acceptors (Lipinski definition) is 6. The lowest BCUT2D eigenvalue weighted by Crippen LogP contribution is -2.33. The molecule has 0 bridgehead atoms. The topological polar surface area (TPSA) is 95.9 Å². The lowest BCUT2D eigenvalue weighted by atomic mass is 10.00. The molecular weight excluding hydrogens is 536 g/mol. The third-order valence-corrected chi connectivity index (χ3v) is 7.29. The van der Waals surface area contributed by atoms with E-state index in [0.29, 0.717) is 42.3 Å². The van der Waals surface area contributed by atoms with Crippen LogP contribution in [0.2, 0.25) is 0 Å². The number of carboxylic acids is 1. The Morgan fingerprint density at radius 3 is 2.37 bits per heavy atom. The van der Waals surface area contributed by atoms with E-state index in [9.17, 15) is 19.5 Å². The molecule has 0 radical (unpaired) electrons. The minimum atomic E-state index is -1.02. The molecule has 3 aromatic carbocycles. The van der Waals surface area contributed by atoms with E-state index < -0.39 is 12.0 Å². The molecule has 0 saturated carbocycles. The molecule has 0 saturated heterocycles. The summed E-state index contributed by atoms with van der Waals surface area (Å²) >= 11 is 1.57. The molecule has 2 N–H and O–H groups in total. The molecule has 1 unspecified atom stereocenters. The van der Waals surface area contributed by atoms with E-state index in [1.54, 1.807) is 83.0 Å². The lowest BCUT2D eigenvalue weighted by molar-refractivity contribution is -0.137. The second-order valence-electron chi connectivity index (χ2n) is 9.24. The van der Waals surface area contributed by atoms with Gasteiger partial charge in [-0.05, 0) is 54.3 Å². The van der Waals surface area contributed by atoms with Crippen LogP contribution in [0.5, 0.6) is 5.75 Å². The number of likely N-dealkylation sites (N-methyl/N-ethyl adjacent to an activating group) is 1. The number of nitrogens with one attached hydrogen (secondary N) is 1. The van der Waals surface area contributed by atoms with E-state index in [4.69, 9.17) is 4.74 Å². The Kier molecular flexibility index (Phi) is 10.5. The van der Waals surface area contributed by atoms with Crippen LogP contribution in [0.3, 0.4) is 0 Å². The van der Waals surface area contributed by atoms with Gasteiger partial charge in [-0.3, -0.25) is 9.59 Å². The predicted octanol–water partition coefficient (Wildman–Crippen LogP) is 6.03. The number of nitrogens with zero attached hydrogens (tertiary/aromatic N) is 1. The van der Waals surface area contributed by atoms with E-state index in [0.717, 1.165) is 10.4 Å². The highest BCUT2D eigenvalue weighted by Crippen LogP contribution is 2.22. The third kappa shape index (κ3) is 8.40. The molecule has 8 heteroatoms. The average molecular weight is 569 g/mol. The Hall–Kier alpha value is -4.69. The number of anilines is 1.